The number of hydrogen-bond acceptors (Lipinski definition) is 4. The number of benzene rings is 2. The van der Waals surface area contributed by atoms with Crippen LogP contribution in [0.5, 0.6) is 0 Å². The number of para-hydroxylation sites is 1. The summed E-state index contributed by atoms with van der Waals surface area (Å²) in [6, 6.07) is 15.8. The van der Waals surface area contributed by atoms with Gasteiger partial charge in [-0.05, 0) is 30.3 Å². The molecule has 2 aliphatic heterocycles. The number of urea groups is 1. The number of anilines is 2. The van der Waals surface area contributed by atoms with Gasteiger partial charge in [0.1, 0.15) is 5.82 Å². The summed E-state index contributed by atoms with van der Waals surface area (Å²) in [5.74, 6) is -0.503. The van der Waals surface area contributed by atoms with Crippen LogP contribution in [0.2, 0.25) is 0 Å². The second-order valence-corrected chi connectivity index (χ2v) is 7.95. The molecule has 0 unspecified atom stereocenters. The minimum Gasteiger partial charge on any atom is -0.369 e. The van der Waals surface area contributed by atoms with Crippen LogP contribution in [-0.4, -0.2) is 68.7 Å². The molecule has 164 valence electrons. The minimum absolute atomic E-state index is 0.118. The summed E-state index contributed by atoms with van der Waals surface area (Å²) in [6.07, 6.45) is 0.214. The van der Waals surface area contributed by atoms with E-state index in [1.54, 1.807) is 12.1 Å². The maximum absolute atomic E-state index is 13.4. The molecule has 0 radical (unpaired) electrons. The first-order chi connectivity index (χ1) is 15.1. The summed E-state index contributed by atoms with van der Waals surface area (Å²) >= 11 is 0. The third-order valence-electron chi connectivity index (χ3n) is 5.79. The van der Waals surface area contributed by atoms with E-state index in [0.717, 1.165) is 32.7 Å². The maximum Gasteiger partial charge on any atom is 0.315 e. The largest absolute Gasteiger partial charge is 0.369 e. The Morgan fingerprint density at radius 3 is 2.48 bits per heavy atom. The molecule has 3 amide bonds. The predicted molar refractivity (Wildman–Crippen MR) is 119 cm³/mol. The Bertz CT molecular complexity index is 902. The van der Waals surface area contributed by atoms with Crippen LogP contribution < -0.4 is 20.4 Å². The molecule has 0 spiro atoms. The molecule has 0 aromatic heterocycles. The summed E-state index contributed by atoms with van der Waals surface area (Å²) in [5, 5.41) is 5.74. The van der Waals surface area contributed by atoms with E-state index in [1.807, 2.05) is 6.07 Å². The van der Waals surface area contributed by atoms with Gasteiger partial charge in [-0.3, -0.25) is 9.69 Å². The molecule has 2 aliphatic rings. The number of halogens is 1. The molecular weight excluding hydrogens is 397 g/mol. The van der Waals surface area contributed by atoms with E-state index in [-0.39, 0.29) is 30.2 Å². The molecule has 2 aromatic rings. The van der Waals surface area contributed by atoms with Gasteiger partial charge in [0.2, 0.25) is 5.91 Å². The van der Waals surface area contributed by atoms with Gasteiger partial charge in [-0.2, -0.15) is 0 Å². The first kappa shape index (κ1) is 21.1. The maximum atomic E-state index is 13.4. The van der Waals surface area contributed by atoms with E-state index in [2.05, 4.69) is 44.7 Å². The van der Waals surface area contributed by atoms with E-state index < -0.39 is 0 Å². The zero-order valence-electron chi connectivity index (χ0n) is 17.5. The molecule has 0 saturated carbocycles. The fraction of sp³-hybridized carbons (Fsp3) is 0.391. The number of amides is 3. The van der Waals surface area contributed by atoms with Crippen LogP contribution in [0.15, 0.2) is 54.6 Å². The average molecular weight is 426 g/mol. The topological polar surface area (TPSA) is 67.9 Å². The summed E-state index contributed by atoms with van der Waals surface area (Å²) in [7, 11) is 0. The van der Waals surface area contributed by atoms with E-state index in [1.165, 1.54) is 22.7 Å². The molecule has 4 rings (SSSR count). The van der Waals surface area contributed by atoms with Crippen LogP contribution in [0.25, 0.3) is 0 Å². The van der Waals surface area contributed by atoms with Crippen molar-refractivity contribution in [1.29, 1.82) is 0 Å². The molecular formula is C23H28FN5O2. The summed E-state index contributed by atoms with van der Waals surface area (Å²) in [4.78, 5) is 30.7. The van der Waals surface area contributed by atoms with Gasteiger partial charge in [0, 0.05) is 63.6 Å². The third-order valence-corrected chi connectivity index (χ3v) is 5.79. The SMILES string of the molecule is O=C(NCCN1CCN(c2ccccc2)CC1)N[C@H]1CC(=O)N(c2cccc(F)c2)C1. The second-order valence-electron chi connectivity index (χ2n) is 7.95. The first-order valence-electron chi connectivity index (χ1n) is 10.7. The zero-order chi connectivity index (χ0) is 21.6. The smallest absolute Gasteiger partial charge is 0.315 e. The summed E-state index contributed by atoms with van der Waals surface area (Å²) in [6.45, 7) is 5.53. The first-order valence-corrected chi connectivity index (χ1v) is 10.7. The lowest BCUT2D eigenvalue weighted by atomic mass is 10.2. The highest BCUT2D eigenvalue weighted by atomic mass is 19.1. The number of piperazine rings is 1. The van der Waals surface area contributed by atoms with Crippen LogP contribution in [0.3, 0.4) is 0 Å². The molecule has 1 atom stereocenters. The quantitative estimate of drug-likeness (QED) is 0.744. The average Bonchev–Trinajstić information content (AvgIpc) is 3.14. The number of nitrogens with one attached hydrogen (secondary N) is 2. The molecule has 8 heteroatoms. The van der Waals surface area contributed by atoms with E-state index in [0.29, 0.717) is 18.8 Å². The van der Waals surface area contributed by atoms with Gasteiger partial charge in [-0.15, -0.1) is 0 Å². The van der Waals surface area contributed by atoms with E-state index in [4.69, 9.17) is 0 Å². The van der Waals surface area contributed by atoms with Crippen LogP contribution in [0.4, 0.5) is 20.6 Å². The lowest BCUT2D eigenvalue weighted by Gasteiger charge is -2.36. The van der Waals surface area contributed by atoms with Gasteiger partial charge in [0.25, 0.3) is 0 Å². The van der Waals surface area contributed by atoms with Crippen molar-refractivity contribution in [2.45, 2.75) is 12.5 Å². The molecule has 0 bridgehead atoms. The number of nitrogens with zero attached hydrogens (tertiary/aromatic N) is 3. The lowest BCUT2D eigenvalue weighted by Crippen LogP contribution is -2.50. The van der Waals surface area contributed by atoms with Crippen LogP contribution in [-0.2, 0) is 4.79 Å². The van der Waals surface area contributed by atoms with Gasteiger partial charge in [0.05, 0.1) is 6.04 Å². The highest BCUT2D eigenvalue weighted by molar-refractivity contribution is 5.96. The van der Waals surface area contributed by atoms with Crippen molar-refractivity contribution in [2.75, 3.05) is 55.6 Å². The summed E-state index contributed by atoms with van der Waals surface area (Å²) < 4.78 is 13.4. The molecule has 31 heavy (non-hydrogen) atoms. The van der Waals surface area contributed by atoms with Gasteiger partial charge < -0.3 is 20.4 Å². The standard InChI is InChI=1S/C23H28FN5O2/c24-18-5-4-8-21(15-18)29-17-19(16-22(29)30)26-23(31)25-9-10-27-11-13-28(14-12-27)20-6-2-1-3-7-20/h1-8,15,19H,9-14,16-17H2,(H2,25,26,31)/t19-/m0/s1. The van der Waals surface area contributed by atoms with Crippen LogP contribution >= 0.6 is 0 Å². The van der Waals surface area contributed by atoms with Crippen LogP contribution in [0, 0.1) is 5.82 Å². The Kier molecular flexibility index (Phi) is 6.66. The molecule has 2 aromatic carbocycles. The zero-order valence-corrected chi connectivity index (χ0v) is 17.5. The molecule has 7 nitrogen and oxygen atoms in total. The van der Waals surface area contributed by atoms with Gasteiger partial charge in [-0.1, -0.05) is 24.3 Å². The van der Waals surface area contributed by atoms with Gasteiger partial charge in [0.15, 0.2) is 0 Å². The third kappa shape index (κ3) is 5.52. The molecule has 2 N–H and O–H groups in total. The van der Waals surface area contributed by atoms with Gasteiger partial charge in [-0.25, -0.2) is 9.18 Å². The lowest BCUT2D eigenvalue weighted by molar-refractivity contribution is -0.117. The predicted octanol–water partition coefficient (Wildman–Crippen LogP) is 2.05. The Labute approximate surface area is 181 Å². The summed E-state index contributed by atoms with van der Waals surface area (Å²) in [5.41, 5.74) is 1.77. The Morgan fingerprint density at radius 2 is 1.74 bits per heavy atom. The van der Waals surface area contributed by atoms with Crippen molar-refractivity contribution in [3.05, 3.63) is 60.4 Å². The fourth-order valence-corrected chi connectivity index (χ4v) is 4.13. The van der Waals surface area contributed by atoms with Crippen molar-refractivity contribution in [2.24, 2.45) is 0 Å². The Hall–Kier alpha value is -3.13. The highest BCUT2D eigenvalue weighted by Crippen LogP contribution is 2.22. The number of rotatable bonds is 6. The molecule has 2 heterocycles. The van der Waals surface area contributed by atoms with Gasteiger partial charge >= 0.3 is 6.03 Å². The number of hydrogen-bond donors (Lipinski definition) is 2. The molecule has 0 aliphatic carbocycles. The van der Waals surface area contributed by atoms with Crippen molar-refractivity contribution >= 4 is 23.3 Å². The number of carbonyl (C=O) groups is 2. The highest BCUT2D eigenvalue weighted by Gasteiger charge is 2.31. The minimum atomic E-state index is -0.385. The van der Waals surface area contributed by atoms with Crippen molar-refractivity contribution in [3.8, 4) is 0 Å². The Balaban J connectivity index is 1.16. The normalized spacial score (nSPS) is 19.5. The van der Waals surface area contributed by atoms with E-state index in [9.17, 15) is 14.0 Å². The van der Waals surface area contributed by atoms with Crippen molar-refractivity contribution in [1.82, 2.24) is 15.5 Å². The molecule has 2 fully saturated rings. The number of carbonyl (C=O) groups excluding carboxylic acids is 2. The van der Waals surface area contributed by atoms with Crippen LogP contribution in [0.1, 0.15) is 6.42 Å². The second kappa shape index (κ2) is 9.78. The van der Waals surface area contributed by atoms with Crippen molar-refractivity contribution in [3.63, 3.8) is 0 Å². The van der Waals surface area contributed by atoms with E-state index >= 15 is 0 Å². The monoisotopic (exact) mass is 425 g/mol. The fourth-order valence-electron chi connectivity index (χ4n) is 4.13. The Morgan fingerprint density at radius 1 is 1.00 bits per heavy atom. The van der Waals surface area contributed by atoms with Crippen molar-refractivity contribution < 1.29 is 14.0 Å². The molecule has 2 saturated heterocycles.